The third kappa shape index (κ3) is 4.35. The fourth-order valence-electron chi connectivity index (χ4n) is 6.63. The van der Waals surface area contributed by atoms with Gasteiger partial charge in [-0.25, -0.2) is 0 Å². The van der Waals surface area contributed by atoms with Gasteiger partial charge in [-0.1, -0.05) is 0 Å². The molecule has 3 fully saturated rings. The van der Waals surface area contributed by atoms with Gasteiger partial charge in [0.1, 0.15) is 12.2 Å². The zero-order valence-corrected chi connectivity index (χ0v) is 22.4. The Labute approximate surface area is 234 Å². The SMILES string of the molecule is COc1cc([C@@H]2c3cc4c(cc3[C@@H](O[C@H]3C[C@@H](O)[C@@H]5O[C@H](N)OC[C@H]5O3)[C@H]3COC(=O)[C@H]23)OCO4)cc(OC)c1O. The highest BCUT2D eigenvalue weighted by Gasteiger charge is 2.54. The van der Waals surface area contributed by atoms with Gasteiger partial charge < -0.3 is 52.8 Å². The zero-order valence-electron chi connectivity index (χ0n) is 22.4. The van der Waals surface area contributed by atoms with Gasteiger partial charge in [0, 0.05) is 18.3 Å². The van der Waals surface area contributed by atoms with E-state index in [0.717, 1.165) is 11.1 Å². The van der Waals surface area contributed by atoms with Gasteiger partial charge in [0.2, 0.25) is 19.0 Å². The lowest BCUT2D eigenvalue weighted by Gasteiger charge is -2.45. The van der Waals surface area contributed by atoms with Crippen molar-refractivity contribution in [3.8, 4) is 28.7 Å². The number of hydrogen-bond donors (Lipinski definition) is 3. The second-order valence-electron chi connectivity index (χ2n) is 10.7. The molecule has 1 aliphatic carbocycles. The van der Waals surface area contributed by atoms with E-state index in [0.29, 0.717) is 17.1 Å². The molecule has 9 atom stereocenters. The maximum absolute atomic E-state index is 13.4. The lowest BCUT2D eigenvalue weighted by molar-refractivity contribution is -0.341. The molecule has 3 saturated heterocycles. The van der Waals surface area contributed by atoms with Crippen molar-refractivity contribution in [2.75, 3.05) is 34.2 Å². The van der Waals surface area contributed by atoms with Crippen LogP contribution in [0.25, 0.3) is 0 Å². The van der Waals surface area contributed by atoms with Crippen LogP contribution in [-0.2, 0) is 28.5 Å². The largest absolute Gasteiger partial charge is 0.502 e. The summed E-state index contributed by atoms with van der Waals surface area (Å²) in [5.74, 6) is -0.581. The molecule has 41 heavy (non-hydrogen) atoms. The van der Waals surface area contributed by atoms with Crippen LogP contribution >= 0.6 is 0 Å². The number of phenolic OH excluding ortho intramolecular Hbond substituents is 1. The molecule has 13 nitrogen and oxygen atoms in total. The van der Waals surface area contributed by atoms with Gasteiger partial charge in [-0.3, -0.25) is 10.5 Å². The fraction of sp³-hybridized carbons (Fsp3) is 0.536. The van der Waals surface area contributed by atoms with Crippen LogP contribution < -0.4 is 24.7 Å². The van der Waals surface area contributed by atoms with Crippen LogP contribution in [0.1, 0.15) is 35.1 Å². The van der Waals surface area contributed by atoms with Gasteiger partial charge >= 0.3 is 5.97 Å². The van der Waals surface area contributed by atoms with Gasteiger partial charge in [0.05, 0.1) is 45.6 Å². The number of esters is 1. The van der Waals surface area contributed by atoms with E-state index in [9.17, 15) is 15.0 Å². The van der Waals surface area contributed by atoms with Crippen molar-refractivity contribution in [2.45, 2.75) is 49.5 Å². The van der Waals surface area contributed by atoms with Crippen LogP contribution in [0.5, 0.6) is 28.7 Å². The summed E-state index contributed by atoms with van der Waals surface area (Å²) in [4.78, 5) is 13.4. The number of cyclic esters (lactones) is 1. The monoisotopic (exact) mass is 573 g/mol. The molecular formula is C28H31NO12. The minimum atomic E-state index is -0.932. The third-order valence-corrected chi connectivity index (χ3v) is 8.50. The molecule has 0 aromatic heterocycles. The van der Waals surface area contributed by atoms with Gasteiger partial charge in [-0.2, -0.15) is 0 Å². The van der Waals surface area contributed by atoms with Crippen LogP contribution in [0.3, 0.4) is 0 Å². The highest BCUT2D eigenvalue weighted by Crippen LogP contribution is 2.57. The third-order valence-electron chi connectivity index (χ3n) is 8.50. The Morgan fingerprint density at radius 1 is 0.951 bits per heavy atom. The molecule has 0 bridgehead atoms. The number of aliphatic hydroxyl groups excluding tert-OH is 1. The van der Waals surface area contributed by atoms with E-state index in [4.69, 9.17) is 48.4 Å². The number of ether oxygens (including phenoxy) is 9. The number of aromatic hydroxyl groups is 1. The molecule has 7 rings (SSSR count). The second kappa shape index (κ2) is 10.2. The van der Waals surface area contributed by atoms with Gasteiger partial charge in [0.25, 0.3) is 0 Å². The summed E-state index contributed by atoms with van der Waals surface area (Å²) in [5.41, 5.74) is 7.94. The summed E-state index contributed by atoms with van der Waals surface area (Å²) in [5, 5.41) is 21.4. The van der Waals surface area contributed by atoms with Gasteiger partial charge in [0.15, 0.2) is 29.3 Å². The molecule has 2 aromatic carbocycles. The van der Waals surface area contributed by atoms with E-state index in [2.05, 4.69) is 0 Å². The van der Waals surface area contributed by atoms with E-state index in [1.54, 1.807) is 12.1 Å². The van der Waals surface area contributed by atoms with Crippen molar-refractivity contribution in [1.82, 2.24) is 0 Å². The van der Waals surface area contributed by atoms with E-state index in [1.165, 1.54) is 14.2 Å². The van der Waals surface area contributed by atoms with E-state index in [1.807, 2.05) is 12.1 Å². The Balaban J connectivity index is 1.30. The van der Waals surface area contributed by atoms with Crippen molar-refractivity contribution < 1.29 is 57.6 Å². The van der Waals surface area contributed by atoms with Crippen molar-refractivity contribution >= 4 is 5.97 Å². The summed E-state index contributed by atoms with van der Waals surface area (Å²) in [6.07, 6.45) is -4.38. The maximum Gasteiger partial charge on any atom is 0.310 e. The topological polar surface area (TPSA) is 167 Å². The molecule has 5 aliphatic rings. The number of methoxy groups -OCH3 is 2. The Morgan fingerprint density at radius 3 is 2.37 bits per heavy atom. The number of rotatable bonds is 5. The number of carbonyl (C=O) groups is 1. The fourth-order valence-corrected chi connectivity index (χ4v) is 6.63. The summed E-state index contributed by atoms with van der Waals surface area (Å²) in [7, 11) is 2.89. The molecule has 4 N–H and O–H groups in total. The van der Waals surface area contributed by atoms with Crippen molar-refractivity contribution in [2.24, 2.45) is 17.6 Å². The molecule has 13 heteroatoms. The molecule has 0 amide bonds. The minimum absolute atomic E-state index is 0.0628. The molecule has 4 heterocycles. The molecular weight excluding hydrogens is 542 g/mol. The first-order valence-electron chi connectivity index (χ1n) is 13.4. The molecule has 4 aliphatic heterocycles. The number of carbonyl (C=O) groups excluding carboxylic acids is 1. The predicted octanol–water partition coefficient (Wildman–Crippen LogP) is 1.26. The van der Waals surface area contributed by atoms with Crippen LogP contribution in [0.4, 0.5) is 0 Å². The summed E-state index contributed by atoms with van der Waals surface area (Å²) >= 11 is 0. The first kappa shape index (κ1) is 26.6. The molecule has 0 radical (unpaired) electrons. The van der Waals surface area contributed by atoms with E-state index >= 15 is 0 Å². The standard InChI is InChI=1S/C28H31NO12/c1-33-18-3-11(4-19(34-2)24(18)31)22-12-5-16-17(38-10-37-16)6-13(12)25(14-8-35-27(32)23(14)22)40-21-7-15(30)26-20(39-21)9-36-28(29)41-26/h3-6,14-15,20-23,25-26,28,30-31H,7-10,29H2,1-2H3/t14-,15+,20+,21-,22+,23-,25+,26-,28+/m0/s1. The smallest absolute Gasteiger partial charge is 0.310 e. The highest BCUT2D eigenvalue weighted by molar-refractivity contribution is 5.79. The first-order chi connectivity index (χ1) is 19.9. The lowest BCUT2D eigenvalue weighted by atomic mass is 9.66. The number of nitrogens with two attached hydrogens (primary N) is 1. The average molecular weight is 574 g/mol. The Kier molecular flexibility index (Phi) is 6.60. The van der Waals surface area contributed by atoms with Crippen LogP contribution in [0, 0.1) is 11.8 Å². The number of hydrogen-bond acceptors (Lipinski definition) is 13. The van der Waals surface area contributed by atoms with Crippen LogP contribution in [0.15, 0.2) is 24.3 Å². The van der Waals surface area contributed by atoms with Gasteiger partial charge in [-0.15, -0.1) is 0 Å². The summed E-state index contributed by atoms with van der Waals surface area (Å²) < 4.78 is 51.5. The molecule has 220 valence electrons. The highest BCUT2D eigenvalue weighted by atomic mass is 16.8. The molecule has 0 spiro atoms. The predicted molar refractivity (Wildman–Crippen MR) is 135 cm³/mol. The number of aliphatic hydroxyl groups is 1. The molecule has 2 aromatic rings. The summed E-state index contributed by atoms with van der Waals surface area (Å²) in [6.45, 7) is 0.323. The van der Waals surface area contributed by atoms with Crippen LogP contribution in [-0.4, -0.2) is 81.4 Å². The Morgan fingerprint density at radius 2 is 1.66 bits per heavy atom. The number of phenols is 1. The zero-order chi connectivity index (χ0) is 28.4. The quantitative estimate of drug-likeness (QED) is 0.438. The average Bonchev–Trinajstić information content (AvgIpc) is 3.59. The number of fused-ring (bicyclic) bond motifs is 4. The maximum atomic E-state index is 13.4. The van der Waals surface area contributed by atoms with E-state index in [-0.39, 0.29) is 49.6 Å². The summed E-state index contributed by atoms with van der Waals surface area (Å²) in [6, 6.07) is 7.09. The molecule has 0 unspecified atom stereocenters. The lowest BCUT2D eigenvalue weighted by Crippen LogP contribution is -2.58. The van der Waals surface area contributed by atoms with Crippen molar-refractivity contribution in [1.29, 1.82) is 0 Å². The molecule has 0 saturated carbocycles. The minimum Gasteiger partial charge on any atom is -0.502 e. The van der Waals surface area contributed by atoms with Crippen molar-refractivity contribution in [3.05, 3.63) is 41.0 Å². The second-order valence-corrected chi connectivity index (χ2v) is 10.7. The van der Waals surface area contributed by atoms with Gasteiger partial charge in [-0.05, 0) is 41.0 Å². The van der Waals surface area contributed by atoms with Crippen LogP contribution in [0.2, 0.25) is 0 Å². The van der Waals surface area contributed by atoms with Crippen molar-refractivity contribution in [3.63, 3.8) is 0 Å². The Bertz CT molecular complexity index is 1330. The number of benzene rings is 2. The normalized spacial score (nSPS) is 35.2. The first-order valence-corrected chi connectivity index (χ1v) is 13.4. The van der Waals surface area contributed by atoms with E-state index < -0.39 is 54.9 Å². The Hall–Kier alpha value is -3.33.